The van der Waals surface area contributed by atoms with Crippen molar-refractivity contribution in [3.05, 3.63) is 22.4 Å². The fourth-order valence-electron chi connectivity index (χ4n) is 1.68. The molecular formula is C11H15NOS. The molecule has 2 unspecified atom stereocenters. The van der Waals surface area contributed by atoms with E-state index in [1.54, 1.807) is 11.3 Å². The van der Waals surface area contributed by atoms with Gasteiger partial charge in [-0.3, -0.25) is 4.79 Å². The maximum atomic E-state index is 11.8. The molecule has 14 heavy (non-hydrogen) atoms. The lowest BCUT2D eigenvalue weighted by Crippen LogP contribution is -2.27. The van der Waals surface area contributed by atoms with Crippen molar-refractivity contribution in [3.8, 4) is 0 Å². The van der Waals surface area contributed by atoms with Crippen LogP contribution in [0.4, 0.5) is 0 Å². The fraction of sp³-hybridized carbons (Fsp3) is 0.545. The number of carbonyl (C=O) groups excluding carboxylic acids is 1. The first-order valence-electron chi connectivity index (χ1n) is 4.94. The Hall–Kier alpha value is -0.830. The molecule has 0 N–H and O–H groups in total. The summed E-state index contributed by atoms with van der Waals surface area (Å²) in [5, 5.41) is 4.15. The Kier molecular flexibility index (Phi) is 2.59. The molecule has 1 heterocycles. The van der Waals surface area contributed by atoms with Gasteiger partial charge in [0.05, 0.1) is 0 Å². The third-order valence-corrected chi connectivity index (χ3v) is 3.53. The lowest BCUT2D eigenvalue weighted by molar-refractivity contribution is -0.132. The minimum Gasteiger partial charge on any atom is -0.341 e. The van der Waals surface area contributed by atoms with Gasteiger partial charge in [-0.15, -0.1) is 0 Å². The number of amides is 1. The summed E-state index contributed by atoms with van der Waals surface area (Å²) < 4.78 is 0. The van der Waals surface area contributed by atoms with E-state index in [1.165, 1.54) is 5.56 Å². The predicted molar refractivity (Wildman–Crippen MR) is 58.1 cm³/mol. The molecule has 1 aromatic heterocycles. The number of hydrogen-bond acceptors (Lipinski definition) is 2. The molecule has 0 spiro atoms. The lowest BCUT2D eigenvalue weighted by Gasteiger charge is -2.16. The van der Waals surface area contributed by atoms with E-state index in [-0.39, 0.29) is 0 Å². The van der Waals surface area contributed by atoms with Gasteiger partial charge in [0.15, 0.2) is 0 Å². The average Bonchev–Trinajstić information content (AvgIpc) is 2.65. The first kappa shape index (κ1) is 9.71. The van der Waals surface area contributed by atoms with Crippen molar-refractivity contribution in [2.24, 2.45) is 11.8 Å². The van der Waals surface area contributed by atoms with E-state index in [0.29, 0.717) is 17.7 Å². The first-order chi connectivity index (χ1) is 6.68. The van der Waals surface area contributed by atoms with Gasteiger partial charge in [0.2, 0.25) is 5.91 Å². The van der Waals surface area contributed by atoms with Crippen molar-refractivity contribution in [2.75, 3.05) is 7.05 Å². The molecule has 2 nitrogen and oxygen atoms in total. The molecule has 76 valence electrons. The molecule has 2 atom stereocenters. The summed E-state index contributed by atoms with van der Waals surface area (Å²) in [7, 11) is 1.89. The van der Waals surface area contributed by atoms with Gasteiger partial charge in [0, 0.05) is 19.5 Å². The number of thiophene rings is 1. The summed E-state index contributed by atoms with van der Waals surface area (Å²) in [5.74, 6) is 1.22. The molecule has 0 aliphatic heterocycles. The Morgan fingerprint density at radius 3 is 2.93 bits per heavy atom. The second-order valence-electron chi connectivity index (χ2n) is 4.15. The molecule has 1 amide bonds. The van der Waals surface area contributed by atoms with Gasteiger partial charge < -0.3 is 4.90 Å². The van der Waals surface area contributed by atoms with Crippen molar-refractivity contribution in [1.29, 1.82) is 0 Å². The minimum atomic E-state index is 0.304. The Bertz CT molecular complexity index is 320. The van der Waals surface area contributed by atoms with Crippen LogP contribution in [0.5, 0.6) is 0 Å². The molecule has 0 bridgehead atoms. The van der Waals surface area contributed by atoms with Gasteiger partial charge in [-0.25, -0.2) is 0 Å². The summed E-state index contributed by atoms with van der Waals surface area (Å²) in [6.45, 7) is 2.90. The van der Waals surface area contributed by atoms with Crippen LogP contribution in [-0.4, -0.2) is 17.9 Å². The molecule has 0 radical (unpaired) electrons. The van der Waals surface area contributed by atoms with Crippen LogP contribution in [0.3, 0.4) is 0 Å². The molecule has 1 fully saturated rings. The summed E-state index contributed by atoms with van der Waals surface area (Å²) >= 11 is 1.68. The van der Waals surface area contributed by atoms with Gasteiger partial charge in [-0.05, 0) is 34.7 Å². The fourth-order valence-corrected chi connectivity index (χ4v) is 2.34. The summed E-state index contributed by atoms with van der Waals surface area (Å²) in [5.41, 5.74) is 1.24. The summed E-state index contributed by atoms with van der Waals surface area (Å²) in [6.07, 6.45) is 1.08. The van der Waals surface area contributed by atoms with Crippen LogP contribution in [0.1, 0.15) is 18.9 Å². The van der Waals surface area contributed by atoms with Crippen molar-refractivity contribution in [3.63, 3.8) is 0 Å². The second kappa shape index (κ2) is 3.73. The smallest absolute Gasteiger partial charge is 0.226 e. The molecular weight excluding hydrogens is 194 g/mol. The van der Waals surface area contributed by atoms with E-state index in [0.717, 1.165) is 13.0 Å². The van der Waals surface area contributed by atoms with E-state index in [2.05, 4.69) is 18.4 Å². The van der Waals surface area contributed by atoms with E-state index in [9.17, 15) is 4.79 Å². The normalized spacial score (nSPS) is 24.7. The van der Waals surface area contributed by atoms with Crippen LogP contribution >= 0.6 is 11.3 Å². The standard InChI is InChI=1S/C11H15NOS/c1-8-5-10(8)11(13)12(2)6-9-3-4-14-7-9/h3-4,7-8,10H,5-6H2,1-2H3. The zero-order valence-electron chi connectivity index (χ0n) is 8.56. The molecule has 1 saturated carbocycles. The Labute approximate surface area is 88.5 Å². The zero-order chi connectivity index (χ0) is 10.1. The highest BCUT2D eigenvalue weighted by Crippen LogP contribution is 2.39. The predicted octanol–water partition coefficient (Wildman–Crippen LogP) is 2.36. The first-order valence-corrected chi connectivity index (χ1v) is 5.89. The Morgan fingerprint density at radius 1 is 1.71 bits per heavy atom. The highest BCUT2D eigenvalue weighted by Gasteiger charge is 2.40. The van der Waals surface area contributed by atoms with Crippen LogP contribution in [0, 0.1) is 11.8 Å². The van der Waals surface area contributed by atoms with Gasteiger partial charge in [0.25, 0.3) is 0 Å². The zero-order valence-corrected chi connectivity index (χ0v) is 9.38. The molecule has 1 aliphatic rings. The van der Waals surface area contributed by atoms with Gasteiger partial charge >= 0.3 is 0 Å². The molecule has 0 saturated heterocycles. The quantitative estimate of drug-likeness (QED) is 0.748. The highest BCUT2D eigenvalue weighted by molar-refractivity contribution is 7.07. The maximum Gasteiger partial charge on any atom is 0.226 e. The van der Waals surface area contributed by atoms with Gasteiger partial charge in [0.1, 0.15) is 0 Å². The summed E-state index contributed by atoms with van der Waals surface area (Å²) in [6, 6.07) is 2.07. The van der Waals surface area contributed by atoms with Crippen LogP contribution in [0.25, 0.3) is 0 Å². The van der Waals surface area contributed by atoms with Crippen molar-refractivity contribution in [2.45, 2.75) is 19.9 Å². The number of hydrogen-bond donors (Lipinski definition) is 0. The highest BCUT2D eigenvalue weighted by atomic mass is 32.1. The topological polar surface area (TPSA) is 20.3 Å². The third kappa shape index (κ3) is 1.98. The lowest BCUT2D eigenvalue weighted by atomic mass is 10.2. The van der Waals surface area contributed by atoms with E-state index < -0.39 is 0 Å². The van der Waals surface area contributed by atoms with Crippen molar-refractivity contribution in [1.82, 2.24) is 4.90 Å². The van der Waals surface area contributed by atoms with Crippen molar-refractivity contribution >= 4 is 17.2 Å². The van der Waals surface area contributed by atoms with Crippen LogP contribution in [0.2, 0.25) is 0 Å². The van der Waals surface area contributed by atoms with Gasteiger partial charge in [-0.2, -0.15) is 11.3 Å². The van der Waals surface area contributed by atoms with Crippen LogP contribution in [-0.2, 0) is 11.3 Å². The van der Waals surface area contributed by atoms with Gasteiger partial charge in [-0.1, -0.05) is 6.92 Å². The van der Waals surface area contributed by atoms with E-state index in [4.69, 9.17) is 0 Å². The largest absolute Gasteiger partial charge is 0.341 e. The molecule has 1 aliphatic carbocycles. The Morgan fingerprint density at radius 2 is 2.43 bits per heavy atom. The number of nitrogens with zero attached hydrogens (tertiary/aromatic N) is 1. The van der Waals surface area contributed by atoms with Crippen molar-refractivity contribution < 1.29 is 4.79 Å². The third-order valence-electron chi connectivity index (χ3n) is 2.80. The molecule has 1 aromatic rings. The average molecular weight is 209 g/mol. The minimum absolute atomic E-state index is 0.304. The van der Waals surface area contributed by atoms with Crippen LogP contribution < -0.4 is 0 Å². The van der Waals surface area contributed by atoms with E-state index in [1.807, 2.05) is 17.3 Å². The second-order valence-corrected chi connectivity index (χ2v) is 4.93. The maximum absolute atomic E-state index is 11.8. The number of rotatable bonds is 3. The molecule has 2 rings (SSSR count). The van der Waals surface area contributed by atoms with E-state index >= 15 is 0 Å². The molecule has 3 heteroatoms. The monoisotopic (exact) mass is 209 g/mol. The molecule has 0 aromatic carbocycles. The van der Waals surface area contributed by atoms with Crippen LogP contribution in [0.15, 0.2) is 16.8 Å². The SMILES string of the molecule is CC1CC1C(=O)N(C)Cc1ccsc1. The summed E-state index contributed by atoms with van der Waals surface area (Å²) in [4.78, 5) is 13.6. The Balaban J connectivity index is 1.89. The number of carbonyl (C=O) groups is 1.